The molecule has 0 radical (unpaired) electrons. The number of urea groups is 1. The second-order valence-corrected chi connectivity index (χ2v) is 5.16. The van der Waals surface area contributed by atoms with Crippen molar-refractivity contribution in [1.82, 2.24) is 10.2 Å². The predicted octanol–water partition coefficient (Wildman–Crippen LogP) is 2.93. The van der Waals surface area contributed by atoms with Gasteiger partial charge in [-0.05, 0) is 39.5 Å². The molecule has 0 atom stereocenters. The van der Waals surface area contributed by atoms with Crippen LogP contribution in [-0.4, -0.2) is 30.2 Å². The molecule has 100 valence electrons. The van der Waals surface area contributed by atoms with E-state index >= 15 is 0 Å². The third kappa shape index (κ3) is 3.00. The fourth-order valence-corrected chi connectivity index (χ4v) is 1.77. The molecule has 1 heterocycles. The molecule has 0 saturated heterocycles. The summed E-state index contributed by atoms with van der Waals surface area (Å²) in [5, 5.41) is 2.81. The maximum Gasteiger partial charge on any atom is 0.322 e. The van der Waals surface area contributed by atoms with Gasteiger partial charge in [0, 0.05) is 6.04 Å². The van der Waals surface area contributed by atoms with E-state index in [9.17, 15) is 4.79 Å². The van der Waals surface area contributed by atoms with E-state index in [1.54, 1.807) is 4.90 Å². The van der Waals surface area contributed by atoms with Crippen LogP contribution >= 0.6 is 0 Å². The molecular weight excluding hydrogens is 226 g/mol. The molecule has 0 aliphatic carbocycles. The Kier molecular flexibility index (Phi) is 4.70. The average molecular weight is 249 g/mol. The number of aliphatic imine (C=N–C) groups is 1. The summed E-state index contributed by atoms with van der Waals surface area (Å²) in [5.74, 6) is 0.447. The first-order valence-corrected chi connectivity index (χ1v) is 6.33. The van der Waals surface area contributed by atoms with Crippen LogP contribution in [0, 0.1) is 5.92 Å². The molecule has 0 saturated carbocycles. The number of nitrogens with one attached hydrogen (secondary N) is 1. The molecule has 2 amide bonds. The van der Waals surface area contributed by atoms with Crippen LogP contribution in [0.1, 0.15) is 34.6 Å². The van der Waals surface area contributed by atoms with Gasteiger partial charge in [0.15, 0.2) is 0 Å². The Morgan fingerprint density at radius 2 is 2.06 bits per heavy atom. The van der Waals surface area contributed by atoms with Gasteiger partial charge in [-0.15, -0.1) is 0 Å². The van der Waals surface area contributed by atoms with Crippen LogP contribution in [0.5, 0.6) is 0 Å². The molecule has 0 aromatic rings. The molecule has 0 fully saturated rings. The van der Waals surface area contributed by atoms with Gasteiger partial charge in [-0.2, -0.15) is 0 Å². The number of rotatable bonds is 4. The van der Waals surface area contributed by atoms with Crippen molar-refractivity contribution in [3.05, 3.63) is 23.0 Å². The molecule has 4 heteroatoms. The second kappa shape index (κ2) is 5.85. The lowest BCUT2D eigenvalue weighted by molar-refractivity contribution is 0.198. The Balaban J connectivity index is 3.27. The molecule has 1 aliphatic rings. The quantitative estimate of drug-likeness (QED) is 0.765. The number of hydrogen-bond donors (Lipinski definition) is 1. The van der Waals surface area contributed by atoms with Crippen LogP contribution in [0.15, 0.2) is 28.0 Å². The molecule has 0 unspecified atom stereocenters. The van der Waals surface area contributed by atoms with Gasteiger partial charge >= 0.3 is 6.03 Å². The summed E-state index contributed by atoms with van der Waals surface area (Å²) in [7, 11) is 0. The van der Waals surface area contributed by atoms with Gasteiger partial charge in [-0.25, -0.2) is 4.79 Å². The molecule has 18 heavy (non-hydrogen) atoms. The number of carbonyl (C=O) groups excluding carboxylic acids is 1. The Morgan fingerprint density at radius 1 is 1.44 bits per heavy atom. The summed E-state index contributed by atoms with van der Waals surface area (Å²) in [4.78, 5) is 17.7. The fourth-order valence-electron chi connectivity index (χ4n) is 1.77. The van der Waals surface area contributed by atoms with E-state index in [-0.39, 0.29) is 12.1 Å². The molecule has 1 rings (SSSR count). The van der Waals surface area contributed by atoms with Crippen molar-refractivity contribution in [3.8, 4) is 0 Å². The highest BCUT2D eigenvalue weighted by molar-refractivity contribution is 5.79. The highest BCUT2D eigenvalue weighted by Crippen LogP contribution is 2.23. The highest BCUT2D eigenvalue weighted by Gasteiger charge is 2.27. The minimum atomic E-state index is -0.0693. The fraction of sp³-hybridized carbons (Fsp3) is 0.571. The van der Waals surface area contributed by atoms with Crippen LogP contribution in [0.2, 0.25) is 0 Å². The van der Waals surface area contributed by atoms with Gasteiger partial charge in [0.25, 0.3) is 0 Å². The van der Waals surface area contributed by atoms with E-state index in [1.807, 2.05) is 19.9 Å². The zero-order valence-corrected chi connectivity index (χ0v) is 11.9. The van der Waals surface area contributed by atoms with E-state index in [4.69, 9.17) is 0 Å². The summed E-state index contributed by atoms with van der Waals surface area (Å²) in [6, 6.07) is 0.0217. The lowest BCUT2D eigenvalue weighted by Gasteiger charge is -2.33. The van der Waals surface area contributed by atoms with Gasteiger partial charge in [0.1, 0.15) is 0 Å². The van der Waals surface area contributed by atoms with Gasteiger partial charge in [0.2, 0.25) is 0 Å². The second-order valence-electron chi connectivity index (χ2n) is 5.16. The van der Waals surface area contributed by atoms with E-state index in [2.05, 4.69) is 37.8 Å². The zero-order valence-electron chi connectivity index (χ0n) is 11.9. The third-order valence-corrected chi connectivity index (χ3v) is 3.16. The first kappa shape index (κ1) is 14.5. The Labute approximate surface area is 109 Å². The molecule has 1 aliphatic heterocycles. The van der Waals surface area contributed by atoms with Gasteiger partial charge < -0.3 is 5.32 Å². The smallest absolute Gasteiger partial charge is 0.322 e. The van der Waals surface area contributed by atoms with Gasteiger partial charge in [-0.3, -0.25) is 9.89 Å². The summed E-state index contributed by atoms with van der Waals surface area (Å²) < 4.78 is 0. The van der Waals surface area contributed by atoms with E-state index in [1.165, 1.54) is 5.57 Å². The Bertz CT molecular complexity index is 405. The normalized spacial score (nSPS) is 17.6. The lowest BCUT2D eigenvalue weighted by atomic mass is 10.0. The zero-order chi connectivity index (χ0) is 13.9. The molecule has 0 bridgehead atoms. The van der Waals surface area contributed by atoms with Gasteiger partial charge in [0.05, 0.1) is 17.9 Å². The van der Waals surface area contributed by atoms with Crippen LogP contribution < -0.4 is 5.32 Å². The van der Waals surface area contributed by atoms with Crippen LogP contribution in [0.25, 0.3) is 0 Å². The first-order valence-electron chi connectivity index (χ1n) is 6.33. The monoisotopic (exact) mass is 249 g/mol. The van der Waals surface area contributed by atoms with Crippen molar-refractivity contribution in [1.29, 1.82) is 0 Å². The molecule has 0 aromatic carbocycles. The molecule has 4 nitrogen and oxygen atoms in total. The van der Waals surface area contributed by atoms with Crippen LogP contribution in [0.3, 0.4) is 0 Å². The van der Waals surface area contributed by atoms with Crippen LogP contribution in [-0.2, 0) is 0 Å². The molecule has 0 aromatic heterocycles. The van der Waals surface area contributed by atoms with Crippen LogP contribution in [0.4, 0.5) is 4.79 Å². The molecule has 0 spiro atoms. The minimum Gasteiger partial charge on any atom is -0.332 e. The lowest BCUT2D eigenvalue weighted by Crippen LogP contribution is -2.47. The number of carbonyl (C=O) groups is 1. The van der Waals surface area contributed by atoms with Crippen molar-refractivity contribution >= 4 is 12.7 Å². The third-order valence-electron chi connectivity index (χ3n) is 3.16. The maximum absolute atomic E-state index is 11.9. The maximum atomic E-state index is 11.9. The largest absolute Gasteiger partial charge is 0.332 e. The van der Waals surface area contributed by atoms with E-state index < -0.39 is 0 Å². The Hall–Kier alpha value is -1.58. The number of nitrogens with zero attached hydrogens (tertiary/aromatic N) is 2. The summed E-state index contributed by atoms with van der Waals surface area (Å²) >= 11 is 0. The standard InChI is InChI=1S/C14H23N3O/c1-9(2)11(5)7-13-12(15-6)8-16-14(18)17(13)10(3)4/h7,9-10H,6,8H2,1-5H3,(H,16,18)/b11-7+. The minimum absolute atomic E-state index is 0.0693. The first-order chi connectivity index (χ1) is 8.38. The summed E-state index contributed by atoms with van der Waals surface area (Å²) in [5.41, 5.74) is 2.92. The van der Waals surface area contributed by atoms with E-state index in [0.29, 0.717) is 12.5 Å². The van der Waals surface area contributed by atoms with Crippen molar-refractivity contribution in [2.45, 2.75) is 40.7 Å². The number of amides is 2. The number of hydrogen-bond acceptors (Lipinski definition) is 2. The topological polar surface area (TPSA) is 44.7 Å². The average Bonchev–Trinajstić information content (AvgIpc) is 2.28. The van der Waals surface area contributed by atoms with Crippen molar-refractivity contribution in [2.24, 2.45) is 10.9 Å². The number of allylic oxidation sites excluding steroid dienone is 2. The predicted molar refractivity (Wildman–Crippen MR) is 75.5 cm³/mol. The molecule has 1 N–H and O–H groups in total. The van der Waals surface area contributed by atoms with E-state index in [0.717, 1.165) is 11.4 Å². The van der Waals surface area contributed by atoms with Crippen molar-refractivity contribution in [2.75, 3.05) is 6.54 Å². The highest BCUT2D eigenvalue weighted by atomic mass is 16.2. The van der Waals surface area contributed by atoms with Crippen molar-refractivity contribution < 1.29 is 4.79 Å². The SMILES string of the molecule is C=NC1=C(/C=C(\C)C(C)C)N(C(C)C)C(=O)NC1. The van der Waals surface area contributed by atoms with Gasteiger partial charge in [-0.1, -0.05) is 19.4 Å². The summed E-state index contributed by atoms with van der Waals surface area (Å²) in [6.07, 6.45) is 2.05. The van der Waals surface area contributed by atoms with Crippen molar-refractivity contribution in [3.63, 3.8) is 0 Å². The summed E-state index contributed by atoms with van der Waals surface area (Å²) in [6.45, 7) is 14.4. The molecular formula is C14H23N3O. The Morgan fingerprint density at radius 3 is 2.50 bits per heavy atom.